The van der Waals surface area contributed by atoms with Crippen LogP contribution in [0.3, 0.4) is 0 Å². The lowest BCUT2D eigenvalue weighted by Gasteiger charge is -2.24. The Labute approximate surface area is 178 Å². The Balaban J connectivity index is 1.98. The van der Waals surface area contributed by atoms with E-state index in [4.69, 9.17) is 14.0 Å². The highest BCUT2D eigenvalue weighted by atomic mass is 16.5. The molecule has 8 nitrogen and oxygen atoms in total. The van der Waals surface area contributed by atoms with Gasteiger partial charge in [-0.25, -0.2) is 0 Å². The smallest absolute Gasteiger partial charge is 0.301 e. The molecule has 1 aliphatic heterocycles. The Hall–Kier alpha value is -4.07. The molecule has 2 aromatic carbocycles. The van der Waals surface area contributed by atoms with E-state index in [1.54, 1.807) is 61.5 Å². The lowest BCUT2D eigenvalue weighted by atomic mass is 9.94. The van der Waals surface area contributed by atoms with Crippen LogP contribution >= 0.6 is 0 Å². The first kappa shape index (κ1) is 20.2. The van der Waals surface area contributed by atoms with Crippen LogP contribution in [-0.4, -0.2) is 36.2 Å². The number of rotatable bonds is 5. The molecule has 2 heterocycles. The molecule has 1 amide bonds. The Kier molecular flexibility index (Phi) is 5.21. The number of anilines is 1. The second-order valence-corrected chi connectivity index (χ2v) is 6.94. The minimum absolute atomic E-state index is 0.0802. The molecular weight excluding hydrogens is 400 g/mol. The van der Waals surface area contributed by atoms with Crippen molar-refractivity contribution in [3.8, 4) is 11.5 Å². The van der Waals surface area contributed by atoms with Gasteiger partial charge in [0.25, 0.3) is 5.78 Å². The number of aliphatic hydroxyl groups excluding tert-OH is 1. The maximum atomic E-state index is 13.1. The molecule has 4 rings (SSSR count). The zero-order chi connectivity index (χ0) is 22.1. The molecule has 0 unspecified atom stereocenters. The molecule has 8 heteroatoms. The van der Waals surface area contributed by atoms with Gasteiger partial charge in [-0.15, -0.1) is 0 Å². The number of Topliss-reactive ketones (excluding diaryl/α,β-unsaturated/α-hetero) is 1. The molecule has 31 heavy (non-hydrogen) atoms. The van der Waals surface area contributed by atoms with E-state index in [1.165, 1.54) is 19.1 Å². The van der Waals surface area contributed by atoms with E-state index in [1.807, 2.05) is 0 Å². The zero-order valence-electron chi connectivity index (χ0n) is 17.2. The monoisotopic (exact) mass is 420 g/mol. The maximum absolute atomic E-state index is 13.1. The van der Waals surface area contributed by atoms with Crippen molar-refractivity contribution in [1.29, 1.82) is 0 Å². The second kappa shape index (κ2) is 7.98. The number of benzene rings is 2. The van der Waals surface area contributed by atoms with Crippen molar-refractivity contribution < 1.29 is 28.7 Å². The number of para-hydroxylation sites is 1. The number of carbonyl (C=O) groups excluding carboxylic acids is 2. The standard InChI is InChI=1S/C23H20N2O6/c1-13-11-18(24-31-13)25-20(16-9-4-5-10-17(16)30-3)19(22(27)23(25)28)21(26)14-7-6-8-15(12-14)29-2/h4-12,20,26H,1-3H3/b21-19+/t20-/m1/s1. The van der Waals surface area contributed by atoms with Gasteiger partial charge in [0.15, 0.2) is 5.82 Å². The molecule has 1 atom stereocenters. The van der Waals surface area contributed by atoms with Crippen LogP contribution < -0.4 is 14.4 Å². The van der Waals surface area contributed by atoms with Gasteiger partial charge >= 0.3 is 5.91 Å². The Morgan fingerprint density at radius 2 is 1.84 bits per heavy atom. The Morgan fingerprint density at radius 1 is 1.06 bits per heavy atom. The van der Waals surface area contributed by atoms with Crippen molar-refractivity contribution >= 4 is 23.3 Å². The molecule has 1 N–H and O–H groups in total. The van der Waals surface area contributed by atoms with Crippen LogP contribution in [0.4, 0.5) is 5.82 Å². The van der Waals surface area contributed by atoms with Gasteiger partial charge in [0, 0.05) is 17.2 Å². The first-order chi connectivity index (χ1) is 15.0. The fourth-order valence-corrected chi connectivity index (χ4v) is 3.65. The molecule has 158 valence electrons. The number of methoxy groups -OCH3 is 2. The fourth-order valence-electron chi connectivity index (χ4n) is 3.65. The van der Waals surface area contributed by atoms with Gasteiger partial charge in [-0.05, 0) is 25.1 Å². The van der Waals surface area contributed by atoms with E-state index in [-0.39, 0.29) is 17.2 Å². The van der Waals surface area contributed by atoms with E-state index in [0.29, 0.717) is 28.4 Å². The van der Waals surface area contributed by atoms with Crippen molar-refractivity contribution in [1.82, 2.24) is 5.16 Å². The largest absolute Gasteiger partial charge is 0.507 e. The molecule has 0 bridgehead atoms. The SMILES string of the molecule is COc1cccc(/C(O)=C2\C(=O)C(=O)N(c3cc(C)on3)[C@@H]2c2ccccc2OC)c1. The zero-order valence-corrected chi connectivity index (χ0v) is 17.2. The van der Waals surface area contributed by atoms with Crippen LogP contribution in [-0.2, 0) is 9.59 Å². The molecule has 0 radical (unpaired) electrons. The number of hydrogen-bond acceptors (Lipinski definition) is 7. The molecule has 0 spiro atoms. The summed E-state index contributed by atoms with van der Waals surface area (Å²) in [6.07, 6.45) is 0. The van der Waals surface area contributed by atoms with E-state index in [0.717, 1.165) is 0 Å². The van der Waals surface area contributed by atoms with Crippen molar-refractivity contribution in [3.63, 3.8) is 0 Å². The van der Waals surface area contributed by atoms with Gasteiger partial charge in [0.1, 0.15) is 29.1 Å². The molecule has 0 aliphatic carbocycles. The summed E-state index contributed by atoms with van der Waals surface area (Å²) in [5, 5.41) is 15.1. The minimum atomic E-state index is -0.966. The molecule has 1 aromatic heterocycles. The lowest BCUT2D eigenvalue weighted by molar-refractivity contribution is -0.132. The summed E-state index contributed by atoms with van der Waals surface area (Å²) >= 11 is 0. The van der Waals surface area contributed by atoms with Gasteiger partial charge in [0.2, 0.25) is 0 Å². The van der Waals surface area contributed by atoms with E-state index < -0.39 is 17.7 Å². The molecular formula is C23H20N2O6. The normalized spacial score (nSPS) is 17.8. The summed E-state index contributed by atoms with van der Waals surface area (Å²) in [6, 6.07) is 14.2. The third kappa shape index (κ3) is 3.42. The Morgan fingerprint density at radius 3 is 2.52 bits per heavy atom. The summed E-state index contributed by atoms with van der Waals surface area (Å²) in [7, 11) is 2.99. The number of nitrogens with zero attached hydrogens (tertiary/aromatic N) is 2. The number of carbonyl (C=O) groups is 2. The average molecular weight is 420 g/mol. The summed E-state index contributed by atoms with van der Waals surface area (Å²) in [5.74, 6) is -0.388. The average Bonchev–Trinajstić information content (AvgIpc) is 3.33. The van der Waals surface area contributed by atoms with E-state index in [9.17, 15) is 14.7 Å². The predicted octanol–water partition coefficient (Wildman–Crippen LogP) is 3.63. The number of ketones is 1. The van der Waals surface area contributed by atoms with Crippen LogP contribution in [0.2, 0.25) is 0 Å². The highest BCUT2D eigenvalue weighted by Crippen LogP contribution is 2.44. The number of hydrogen-bond donors (Lipinski definition) is 1. The summed E-state index contributed by atoms with van der Waals surface area (Å²) in [4.78, 5) is 27.4. The van der Waals surface area contributed by atoms with Gasteiger partial charge in [0.05, 0.1) is 19.8 Å². The molecule has 3 aromatic rings. The molecule has 1 fully saturated rings. The first-order valence-corrected chi connectivity index (χ1v) is 9.48. The van der Waals surface area contributed by atoms with Gasteiger partial charge in [-0.3, -0.25) is 14.5 Å². The number of ether oxygens (including phenoxy) is 2. The highest BCUT2D eigenvalue weighted by molar-refractivity contribution is 6.51. The second-order valence-electron chi connectivity index (χ2n) is 6.94. The van der Waals surface area contributed by atoms with Crippen molar-refractivity contribution in [2.75, 3.05) is 19.1 Å². The minimum Gasteiger partial charge on any atom is -0.507 e. The molecule has 1 aliphatic rings. The van der Waals surface area contributed by atoms with Crippen LogP contribution in [0, 0.1) is 6.92 Å². The number of aromatic nitrogens is 1. The maximum Gasteiger partial charge on any atom is 0.301 e. The fraction of sp³-hybridized carbons (Fsp3) is 0.174. The lowest BCUT2D eigenvalue weighted by Crippen LogP contribution is -2.29. The highest BCUT2D eigenvalue weighted by Gasteiger charge is 2.49. The number of amides is 1. The van der Waals surface area contributed by atoms with Crippen LogP contribution in [0.15, 0.2) is 64.7 Å². The van der Waals surface area contributed by atoms with Crippen LogP contribution in [0.5, 0.6) is 11.5 Å². The number of aliphatic hydroxyl groups is 1. The van der Waals surface area contributed by atoms with Crippen LogP contribution in [0.1, 0.15) is 22.9 Å². The molecule has 0 saturated carbocycles. The first-order valence-electron chi connectivity index (χ1n) is 9.48. The predicted molar refractivity (Wildman–Crippen MR) is 112 cm³/mol. The molecule has 1 saturated heterocycles. The van der Waals surface area contributed by atoms with Gasteiger partial charge in [-0.1, -0.05) is 35.5 Å². The van der Waals surface area contributed by atoms with Crippen molar-refractivity contribution in [3.05, 3.63) is 77.1 Å². The topological polar surface area (TPSA) is 102 Å². The Bertz CT molecular complexity index is 1200. The van der Waals surface area contributed by atoms with Crippen molar-refractivity contribution in [2.24, 2.45) is 0 Å². The third-order valence-corrected chi connectivity index (χ3v) is 5.08. The van der Waals surface area contributed by atoms with E-state index >= 15 is 0 Å². The quantitative estimate of drug-likeness (QED) is 0.382. The van der Waals surface area contributed by atoms with Gasteiger partial charge in [-0.2, -0.15) is 0 Å². The number of aryl methyl sites for hydroxylation is 1. The van der Waals surface area contributed by atoms with Gasteiger partial charge < -0.3 is 19.1 Å². The summed E-state index contributed by atoms with van der Waals surface area (Å²) in [5.41, 5.74) is 0.784. The summed E-state index contributed by atoms with van der Waals surface area (Å²) < 4.78 is 15.8. The van der Waals surface area contributed by atoms with Crippen LogP contribution in [0.25, 0.3) is 5.76 Å². The summed E-state index contributed by atoms with van der Waals surface area (Å²) in [6.45, 7) is 1.68. The van der Waals surface area contributed by atoms with Crippen molar-refractivity contribution in [2.45, 2.75) is 13.0 Å². The van der Waals surface area contributed by atoms with E-state index in [2.05, 4.69) is 5.16 Å². The third-order valence-electron chi connectivity index (χ3n) is 5.08.